The predicted molar refractivity (Wildman–Crippen MR) is 67.1 cm³/mol. The largest absolute Gasteiger partial charge is 0.493 e. The smallest absolute Gasteiger partial charge is 0.125 e. The molecule has 0 amide bonds. The van der Waals surface area contributed by atoms with Gasteiger partial charge in [-0.3, -0.25) is 0 Å². The summed E-state index contributed by atoms with van der Waals surface area (Å²) in [5.41, 5.74) is 6.88. The van der Waals surface area contributed by atoms with Gasteiger partial charge in [0, 0.05) is 16.1 Å². The molecule has 0 heterocycles. The first kappa shape index (κ1) is 12.3. The van der Waals surface area contributed by atoms with Gasteiger partial charge in [0.25, 0.3) is 0 Å². The van der Waals surface area contributed by atoms with Crippen LogP contribution in [-0.4, -0.2) is 6.61 Å². The van der Waals surface area contributed by atoms with Crippen LogP contribution in [-0.2, 0) is 0 Å². The SMILES string of the molecule is C=CCCOc1cc(Br)ccc1[C@@H](C)N. The van der Waals surface area contributed by atoms with Crippen LogP contribution in [0.5, 0.6) is 5.75 Å². The van der Waals surface area contributed by atoms with Crippen LogP contribution in [0.3, 0.4) is 0 Å². The average molecular weight is 270 g/mol. The highest BCUT2D eigenvalue weighted by molar-refractivity contribution is 9.10. The molecule has 1 rings (SSSR count). The van der Waals surface area contributed by atoms with E-state index in [0.717, 1.165) is 22.2 Å². The van der Waals surface area contributed by atoms with E-state index in [-0.39, 0.29) is 6.04 Å². The fourth-order valence-corrected chi connectivity index (χ4v) is 1.60. The van der Waals surface area contributed by atoms with E-state index in [2.05, 4.69) is 22.5 Å². The first-order chi connectivity index (χ1) is 7.15. The molecule has 2 nitrogen and oxygen atoms in total. The van der Waals surface area contributed by atoms with Gasteiger partial charge in [-0.25, -0.2) is 0 Å². The summed E-state index contributed by atoms with van der Waals surface area (Å²) in [7, 11) is 0. The molecule has 2 N–H and O–H groups in total. The van der Waals surface area contributed by atoms with Gasteiger partial charge in [-0.15, -0.1) is 6.58 Å². The lowest BCUT2D eigenvalue weighted by molar-refractivity contribution is 0.320. The van der Waals surface area contributed by atoms with Gasteiger partial charge >= 0.3 is 0 Å². The maximum Gasteiger partial charge on any atom is 0.125 e. The fraction of sp³-hybridized carbons (Fsp3) is 0.333. The molecule has 1 aromatic carbocycles. The topological polar surface area (TPSA) is 35.2 Å². The van der Waals surface area contributed by atoms with Gasteiger partial charge in [-0.2, -0.15) is 0 Å². The highest BCUT2D eigenvalue weighted by Crippen LogP contribution is 2.27. The maximum atomic E-state index is 5.85. The second-order valence-electron chi connectivity index (χ2n) is 3.40. The lowest BCUT2D eigenvalue weighted by Crippen LogP contribution is -2.08. The van der Waals surface area contributed by atoms with Crippen LogP contribution in [0.4, 0.5) is 0 Å². The molecule has 1 atom stereocenters. The van der Waals surface area contributed by atoms with Crippen LogP contribution in [0, 0.1) is 0 Å². The number of hydrogen-bond acceptors (Lipinski definition) is 2. The van der Waals surface area contributed by atoms with E-state index in [1.807, 2.05) is 31.2 Å². The molecule has 0 fully saturated rings. The van der Waals surface area contributed by atoms with E-state index in [9.17, 15) is 0 Å². The van der Waals surface area contributed by atoms with Crippen molar-refractivity contribution < 1.29 is 4.74 Å². The summed E-state index contributed by atoms with van der Waals surface area (Å²) in [6.07, 6.45) is 2.68. The summed E-state index contributed by atoms with van der Waals surface area (Å²) >= 11 is 3.41. The van der Waals surface area contributed by atoms with Crippen LogP contribution in [0.25, 0.3) is 0 Å². The Kier molecular flexibility index (Phi) is 4.85. The molecule has 82 valence electrons. The third kappa shape index (κ3) is 3.68. The van der Waals surface area contributed by atoms with E-state index in [1.165, 1.54) is 0 Å². The predicted octanol–water partition coefficient (Wildman–Crippen LogP) is 3.42. The molecule has 0 aliphatic carbocycles. The normalized spacial score (nSPS) is 12.2. The van der Waals surface area contributed by atoms with Crippen LogP contribution in [0.1, 0.15) is 24.9 Å². The number of nitrogens with two attached hydrogens (primary N) is 1. The molecule has 15 heavy (non-hydrogen) atoms. The molecular weight excluding hydrogens is 254 g/mol. The van der Waals surface area contributed by atoms with Gasteiger partial charge in [-0.1, -0.05) is 28.1 Å². The van der Waals surface area contributed by atoms with Crippen molar-refractivity contribution in [2.45, 2.75) is 19.4 Å². The molecule has 0 radical (unpaired) electrons. The zero-order chi connectivity index (χ0) is 11.3. The fourth-order valence-electron chi connectivity index (χ4n) is 1.26. The van der Waals surface area contributed by atoms with Crippen molar-refractivity contribution in [3.8, 4) is 5.75 Å². The molecule has 0 saturated carbocycles. The van der Waals surface area contributed by atoms with Gasteiger partial charge in [0.05, 0.1) is 6.61 Å². The van der Waals surface area contributed by atoms with Gasteiger partial charge < -0.3 is 10.5 Å². The quantitative estimate of drug-likeness (QED) is 0.657. The van der Waals surface area contributed by atoms with Crippen molar-refractivity contribution in [2.24, 2.45) is 5.73 Å². The second kappa shape index (κ2) is 5.93. The summed E-state index contributed by atoms with van der Waals surface area (Å²) in [5.74, 6) is 0.848. The van der Waals surface area contributed by atoms with E-state index in [4.69, 9.17) is 10.5 Å². The lowest BCUT2D eigenvalue weighted by Gasteiger charge is -2.13. The van der Waals surface area contributed by atoms with Gasteiger partial charge in [0.15, 0.2) is 0 Å². The summed E-state index contributed by atoms with van der Waals surface area (Å²) < 4.78 is 6.64. The number of ether oxygens (including phenoxy) is 1. The Morgan fingerprint density at radius 2 is 2.33 bits per heavy atom. The molecule has 3 heteroatoms. The number of rotatable bonds is 5. The standard InChI is InChI=1S/C12H16BrNO/c1-3-4-7-15-12-8-10(13)5-6-11(12)9(2)14/h3,5-6,8-9H,1,4,7,14H2,2H3/t9-/m1/s1. The molecule has 0 spiro atoms. The van der Waals surface area contributed by atoms with E-state index in [1.54, 1.807) is 0 Å². The molecule has 0 unspecified atom stereocenters. The minimum atomic E-state index is -0.0168. The van der Waals surface area contributed by atoms with Gasteiger partial charge in [0.1, 0.15) is 5.75 Å². The molecule has 0 aliphatic heterocycles. The summed E-state index contributed by atoms with van der Waals surface area (Å²) in [4.78, 5) is 0. The maximum absolute atomic E-state index is 5.85. The zero-order valence-electron chi connectivity index (χ0n) is 8.87. The van der Waals surface area contributed by atoms with Crippen molar-refractivity contribution in [1.82, 2.24) is 0 Å². The Hall–Kier alpha value is -0.800. The van der Waals surface area contributed by atoms with E-state index in [0.29, 0.717) is 6.61 Å². The van der Waals surface area contributed by atoms with Crippen LogP contribution < -0.4 is 10.5 Å². The average Bonchev–Trinajstić information content (AvgIpc) is 2.18. The van der Waals surface area contributed by atoms with E-state index < -0.39 is 0 Å². The van der Waals surface area contributed by atoms with Crippen LogP contribution in [0.15, 0.2) is 35.3 Å². The number of benzene rings is 1. The summed E-state index contributed by atoms with van der Waals surface area (Å²) in [6, 6.07) is 5.88. The third-order valence-electron chi connectivity index (χ3n) is 2.05. The van der Waals surface area contributed by atoms with Crippen LogP contribution in [0.2, 0.25) is 0 Å². The molecule has 0 aliphatic rings. The number of hydrogen-bond donors (Lipinski definition) is 1. The van der Waals surface area contributed by atoms with Crippen molar-refractivity contribution in [3.05, 3.63) is 40.9 Å². The Morgan fingerprint density at radius 3 is 2.93 bits per heavy atom. The van der Waals surface area contributed by atoms with Gasteiger partial charge in [0.2, 0.25) is 0 Å². The number of halogens is 1. The zero-order valence-corrected chi connectivity index (χ0v) is 10.5. The molecule has 0 saturated heterocycles. The molecule has 0 bridgehead atoms. The minimum Gasteiger partial charge on any atom is -0.493 e. The Morgan fingerprint density at radius 1 is 1.60 bits per heavy atom. The highest BCUT2D eigenvalue weighted by atomic mass is 79.9. The van der Waals surface area contributed by atoms with Crippen molar-refractivity contribution in [3.63, 3.8) is 0 Å². The first-order valence-corrected chi connectivity index (χ1v) is 5.73. The van der Waals surface area contributed by atoms with Crippen molar-refractivity contribution in [2.75, 3.05) is 6.61 Å². The molecule has 1 aromatic rings. The minimum absolute atomic E-state index is 0.0168. The Balaban J connectivity index is 2.82. The lowest BCUT2D eigenvalue weighted by atomic mass is 10.1. The summed E-state index contributed by atoms with van der Waals surface area (Å²) in [6.45, 7) is 6.24. The van der Waals surface area contributed by atoms with Crippen molar-refractivity contribution >= 4 is 15.9 Å². The Bertz CT molecular complexity index is 336. The summed E-state index contributed by atoms with van der Waals surface area (Å²) in [5, 5.41) is 0. The monoisotopic (exact) mass is 269 g/mol. The van der Waals surface area contributed by atoms with Gasteiger partial charge in [-0.05, 0) is 25.5 Å². The molecule has 0 aromatic heterocycles. The Labute approximate surface area is 99.3 Å². The van der Waals surface area contributed by atoms with E-state index >= 15 is 0 Å². The van der Waals surface area contributed by atoms with Crippen LogP contribution >= 0.6 is 15.9 Å². The highest BCUT2D eigenvalue weighted by Gasteiger charge is 2.08. The van der Waals surface area contributed by atoms with Crippen molar-refractivity contribution in [1.29, 1.82) is 0 Å². The second-order valence-corrected chi connectivity index (χ2v) is 4.31. The molecular formula is C12H16BrNO. The third-order valence-corrected chi connectivity index (χ3v) is 2.54. The first-order valence-electron chi connectivity index (χ1n) is 4.94.